The van der Waals surface area contributed by atoms with Gasteiger partial charge >= 0.3 is 0 Å². The minimum Gasteiger partial charge on any atom is -0.343 e. The second kappa shape index (κ2) is 7.62. The van der Waals surface area contributed by atoms with Crippen LogP contribution in [-0.2, 0) is 19.4 Å². The van der Waals surface area contributed by atoms with Gasteiger partial charge in [0.25, 0.3) is 0 Å². The molecule has 0 bridgehead atoms. The first-order valence-corrected chi connectivity index (χ1v) is 8.77. The van der Waals surface area contributed by atoms with Crippen LogP contribution in [0.1, 0.15) is 32.9 Å². The van der Waals surface area contributed by atoms with Crippen LogP contribution in [0, 0.1) is 13.8 Å². The largest absolute Gasteiger partial charge is 0.343 e. The third-order valence-corrected chi connectivity index (χ3v) is 4.70. The molecule has 0 aliphatic rings. The van der Waals surface area contributed by atoms with E-state index in [4.69, 9.17) is 0 Å². The van der Waals surface area contributed by atoms with Crippen LogP contribution < -0.4 is 5.32 Å². The monoisotopic (exact) mass is 335 g/mol. The number of carbonyl (C=O) groups is 1. The van der Waals surface area contributed by atoms with E-state index in [1.54, 1.807) is 0 Å². The molecule has 0 amide bonds. The molecule has 0 unspecified atom stereocenters. The number of aromatic nitrogens is 2. The molecule has 4 heteroatoms. The van der Waals surface area contributed by atoms with Crippen LogP contribution >= 0.6 is 0 Å². The van der Waals surface area contributed by atoms with Crippen molar-refractivity contribution in [3.63, 3.8) is 0 Å². The van der Waals surface area contributed by atoms with Crippen molar-refractivity contribution in [2.45, 2.75) is 33.2 Å². The molecule has 0 radical (unpaired) electrons. The van der Waals surface area contributed by atoms with Crippen molar-refractivity contribution in [3.05, 3.63) is 64.6 Å². The summed E-state index contributed by atoms with van der Waals surface area (Å²) in [6, 6.07) is 10.5. The number of hydrogen-bond donors (Lipinski definition) is 1. The molecule has 2 aromatic heterocycles. The molecule has 0 saturated carbocycles. The second-order valence-corrected chi connectivity index (χ2v) is 6.56. The number of nitrogens with one attached hydrogen (secondary N) is 1. The van der Waals surface area contributed by atoms with E-state index in [1.807, 2.05) is 26.2 Å². The lowest BCUT2D eigenvalue weighted by atomic mass is 10.1. The Bertz CT molecular complexity index is 878. The van der Waals surface area contributed by atoms with Crippen LogP contribution in [0.2, 0.25) is 0 Å². The number of nitrogens with zero attached hydrogens (tertiary/aromatic N) is 2. The summed E-state index contributed by atoms with van der Waals surface area (Å²) in [7, 11) is 1.94. The summed E-state index contributed by atoms with van der Waals surface area (Å²) in [6.45, 7) is 5.76. The van der Waals surface area contributed by atoms with E-state index in [0.29, 0.717) is 0 Å². The Morgan fingerprint density at radius 1 is 1.16 bits per heavy atom. The van der Waals surface area contributed by atoms with Crippen molar-refractivity contribution < 1.29 is 4.79 Å². The highest BCUT2D eigenvalue weighted by Crippen LogP contribution is 2.27. The van der Waals surface area contributed by atoms with E-state index in [-0.39, 0.29) is 0 Å². The Kier molecular flexibility index (Phi) is 5.29. The zero-order chi connectivity index (χ0) is 17.8. The van der Waals surface area contributed by atoms with E-state index in [9.17, 15) is 4.79 Å². The number of hydrogen-bond acceptors (Lipinski definition) is 3. The van der Waals surface area contributed by atoms with E-state index in [1.165, 1.54) is 11.1 Å². The number of rotatable bonds is 7. The van der Waals surface area contributed by atoms with Gasteiger partial charge < -0.3 is 9.88 Å². The normalized spacial score (nSPS) is 11.2. The Labute approximate surface area is 148 Å². The van der Waals surface area contributed by atoms with Gasteiger partial charge in [0.15, 0.2) is 6.29 Å². The summed E-state index contributed by atoms with van der Waals surface area (Å²) >= 11 is 0. The molecule has 3 aromatic rings. The third-order valence-electron chi connectivity index (χ3n) is 4.70. The predicted octanol–water partition coefficient (Wildman–Crippen LogP) is 3.47. The maximum Gasteiger partial charge on any atom is 0.152 e. The Morgan fingerprint density at radius 2 is 2.00 bits per heavy atom. The van der Waals surface area contributed by atoms with Crippen LogP contribution in [0.3, 0.4) is 0 Å². The predicted molar refractivity (Wildman–Crippen MR) is 102 cm³/mol. The summed E-state index contributed by atoms with van der Waals surface area (Å²) in [6.07, 6.45) is 4.69. The van der Waals surface area contributed by atoms with Gasteiger partial charge in [0.1, 0.15) is 0 Å². The van der Waals surface area contributed by atoms with Crippen LogP contribution in [0.25, 0.3) is 10.9 Å². The smallest absolute Gasteiger partial charge is 0.152 e. The molecule has 0 saturated heterocycles. The van der Waals surface area contributed by atoms with Gasteiger partial charge in [-0.3, -0.25) is 9.78 Å². The van der Waals surface area contributed by atoms with Crippen molar-refractivity contribution in [1.29, 1.82) is 0 Å². The number of benzene rings is 1. The zero-order valence-corrected chi connectivity index (χ0v) is 15.2. The fourth-order valence-corrected chi connectivity index (χ4v) is 3.33. The number of aldehydes is 1. The van der Waals surface area contributed by atoms with E-state index in [2.05, 4.69) is 46.1 Å². The molecule has 2 heterocycles. The highest BCUT2D eigenvalue weighted by atomic mass is 16.1. The average molecular weight is 335 g/mol. The zero-order valence-electron chi connectivity index (χ0n) is 15.2. The molecular formula is C21H25N3O. The number of pyridine rings is 1. The fourth-order valence-electron chi connectivity index (χ4n) is 3.33. The van der Waals surface area contributed by atoms with Crippen LogP contribution in [0.5, 0.6) is 0 Å². The highest BCUT2D eigenvalue weighted by molar-refractivity contribution is 5.99. The maximum atomic E-state index is 11.8. The lowest BCUT2D eigenvalue weighted by Crippen LogP contribution is -2.15. The van der Waals surface area contributed by atoms with E-state index < -0.39 is 0 Å². The minimum absolute atomic E-state index is 0.830. The van der Waals surface area contributed by atoms with Crippen LogP contribution in [-0.4, -0.2) is 29.4 Å². The molecule has 25 heavy (non-hydrogen) atoms. The maximum absolute atomic E-state index is 11.8. The first kappa shape index (κ1) is 17.4. The topological polar surface area (TPSA) is 46.9 Å². The molecule has 0 atom stereocenters. The van der Waals surface area contributed by atoms with Gasteiger partial charge in [0, 0.05) is 53.6 Å². The molecule has 1 aromatic carbocycles. The standard InChI is InChI=1S/C21H25N3O/c1-15-4-7-20-18(12-15)19(14-25)21(8-10-22-3)24(20)11-9-17-6-5-16(2)23-13-17/h4-7,12-14,22H,8-11H2,1-3H3. The molecular weight excluding hydrogens is 310 g/mol. The van der Waals surface area contributed by atoms with Gasteiger partial charge in [-0.05, 0) is 51.1 Å². The van der Waals surface area contributed by atoms with Crippen molar-refractivity contribution in [1.82, 2.24) is 14.9 Å². The third kappa shape index (κ3) is 3.64. The SMILES string of the molecule is CNCCc1c(C=O)c2cc(C)ccc2n1CCc1ccc(C)nc1. The van der Waals surface area contributed by atoms with Crippen LogP contribution in [0.15, 0.2) is 36.5 Å². The van der Waals surface area contributed by atoms with Crippen molar-refractivity contribution in [2.24, 2.45) is 0 Å². The Hall–Kier alpha value is -2.46. The van der Waals surface area contributed by atoms with Gasteiger partial charge in [-0.15, -0.1) is 0 Å². The molecule has 0 fully saturated rings. The number of carbonyl (C=O) groups excluding carboxylic acids is 1. The van der Waals surface area contributed by atoms with Crippen molar-refractivity contribution in [3.8, 4) is 0 Å². The quantitative estimate of drug-likeness (QED) is 0.673. The number of aryl methyl sites for hydroxylation is 4. The van der Waals surface area contributed by atoms with Gasteiger partial charge in [0.2, 0.25) is 0 Å². The molecule has 1 N–H and O–H groups in total. The number of fused-ring (bicyclic) bond motifs is 1. The molecule has 130 valence electrons. The highest BCUT2D eigenvalue weighted by Gasteiger charge is 2.16. The lowest BCUT2D eigenvalue weighted by Gasteiger charge is -2.12. The van der Waals surface area contributed by atoms with Crippen LogP contribution in [0.4, 0.5) is 0 Å². The fraction of sp³-hybridized carbons (Fsp3) is 0.333. The Balaban J connectivity index is 2.01. The molecule has 4 nitrogen and oxygen atoms in total. The van der Waals surface area contributed by atoms with Gasteiger partial charge in [-0.25, -0.2) is 0 Å². The molecule has 3 rings (SSSR count). The minimum atomic E-state index is 0.830. The summed E-state index contributed by atoms with van der Waals surface area (Å²) in [5, 5.41) is 4.25. The second-order valence-electron chi connectivity index (χ2n) is 6.56. The molecule has 0 aliphatic carbocycles. The first-order valence-electron chi connectivity index (χ1n) is 8.77. The summed E-state index contributed by atoms with van der Waals surface area (Å²) in [5.74, 6) is 0. The summed E-state index contributed by atoms with van der Waals surface area (Å²) < 4.78 is 2.30. The average Bonchev–Trinajstić information content (AvgIpc) is 2.91. The van der Waals surface area contributed by atoms with Gasteiger partial charge in [0.05, 0.1) is 0 Å². The van der Waals surface area contributed by atoms with Crippen molar-refractivity contribution >= 4 is 17.2 Å². The lowest BCUT2D eigenvalue weighted by molar-refractivity contribution is 0.112. The number of likely N-dealkylation sites (N-methyl/N-ethyl adjacent to an activating group) is 1. The van der Waals surface area contributed by atoms with Crippen molar-refractivity contribution in [2.75, 3.05) is 13.6 Å². The summed E-state index contributed by atoms with van der Waals surface area (Å²) in [5.41, 5.74) is 6.51. The first-order chi connectivity index (χ1) is 12.1. The van der Waals surface area contributed by atoms with E-state index in [0.717, 1.165) is 60.1 Å². The summed E-state index contributed by atoms with van der Waals surface area (Å²) in [4.78, 5) is 16.2. The molecule has 0 aliphatic heterocycles. The Morgan fingerprint density at radius 3 is 2.68 bits per heavy atom. The van der Waals surface area contributed by atoms with Gasteiger partial charge in [-0.1, -0.05) is 17.7 Å². The van der Waals surface area contributed by atoms with E-state index >= 15 is 0 Å². The van der Waals surface area contributed by atoms with Gasteiger partial charge in [-0.2, -0.15) is 0 Å². The molecule has 0 spiro atoms.